The third kappa shape index (κ3) is 2.77. The molecular weight excluding hydrogens is 355 g/mol. The molecule has 1 aliphatic carbocycles. The van der Waals surface area contributed by atoms with Crippen molar-refractivity contribution in [1.29, 1.82) is 0 Å². The van der Waals surface area contributed by atoms with Crippen molar-refractivity contribution < 1.29 is 8.42 Å². The molecule has 1 aliphatic rings. The number of hydrogen-bond acceptors (Lipinski definition) is 4. The summed E-state index contributed by atoms with van der Waals surface area (Å²) in [6.07, 6.45) is 0. The maximum atomic E-state index is 12.9. The molecule has 23 heavy (non-hydrogen) atoms. The lowest BCUT2D eigenvalue weighted by Crippen LogP contribution is -2.39. The standard InChI is InChI=1S/C16H16Cl2N2O2S/c17-11-3-1-10(2-4-11)14-15(16(14,20)9-19)23(21,22)13-7-5-12(18)6-8-13/h1-8,14-15H,9,19-20H2/t14-,15-,16+/m1/s1. The molecule has 3 atom stereocenters. The molecule has 0 aliphatic heterocycles. The molecule has 0 heterocycles. The van der Waals surface area contributed by atoms with Crippen LogP contribution in [0.15, 0.2) is 53.4 Å². The number of benzene rings is 2. The molecular formula is C16H16Cl2N2O2S. The predicted octanol–water partition coefficient (Wildman–Crippen LogP) is 2.59. The minimum Gasteiger partial charge on any atom is -0.329 e. The second kappa shape index (κ2) is 5.76. The summed E-state index contributed by atoms with van der Waals surface area (Å²) in [5, 5.41) is 0.302. The van der Waals surface area contributed by atoms with Crippen LogP contribution < -0.4 is 11.5 Å². The van der Waals surface area contributed by atoms with E-state index in [0.717, 1.165) is 5.56 Å². The number of hydrogen-bond donors (Lipinski definition) is 2. The Morgan fingerprint density at radius 2 is 1.43 bits per heavy atom. The van der Waals surface area contributed by atoms with Crippen molar-refractivity contribution in [2.75, 3.05) is 6.54 Å². The number of sulfone groups is 1. The summed E-state index contributed by atoms with van der Waals surface area (Å²) in [5.41, 5.74) is 11.9. The zero-order valence-corrected chi connectivity index (χ0v) is 14.4. The van der Waals surface area contributed by atoms with Crippen LogP contribution in [0.5, 0.6) is 0 Å². The molecule has 3 rings (SSSR count). The van der Waals surface area contributed by atoms with Crippen LogP contribution in [0.1, 0.15) is 11.5 Å². The molecule has 0 saturated heterocycles. The van der Waals surface area contributed by atoms with Crippen LogP contribution in [0.3, 0.4) is 0 Å². The highest BCUT2D eigenvalue weighted by Gasteiger charge is 2.68. The average Bonchev–Trinajstić information content (AvgIpc) is 3.16. The highest BCUT2D eigenvalue weighted by molar-refractivity contribution is 7.92. The van der Waals surface area contributed by atoms with Gasteiger partial charge < -0.3 is 11.5 Å². The zero-order chi connectivity index (χ0) is 16.8. The molecule has 0 aromatic heterocycles. The number of nitrogens with two attached hydrogens (primary N) is 2. The van der Waals surface area contributed by atoms with Gasteiger partial charge in [-0.1, -0.05) is 35.3 Å². The van der Waals surface area contributed by atoms with E-state index < -0.39 is 20.6 Å². The van der Waals surface area contributed by atoms with Crippen molar-refractivity contribution in [3.8, 4) is 0 Å². The minimum absolute atomic E-state index is 0.0811. The van der Waals surface area contributed by atoms with Crippen LogP contribution in [0.4, 0.5) is 0 Å². The summed E-state index contributed by atoms with van der Waals surface area (Å²) < 4.78 is 25.9. The van der Waals surface area contributed by atoms with E-state index in [-0.39, 0.29) is 17.4 Å². The molecule has 4 nitrogen and oxygen atoms in total. The highest BCUT2D eigenvalue weighted by atomic mass is 35.5. The van der Waals surface area contributed by atoms with E-state index in [1.54, 1.807) is 36.4 Å². The van der Waals surface area contributed by atoms with E-state index >= 15 is 0 Å². The molecule has 0 unspecified atom stereocenters. The first-order valence-electron chi connectivity index (χ1n) is 7.04. The Balaban J connectivity index is 2.01. The van der Waals surface area contributed by atoms with Gasteiger partial charge in [0.2, 0.25) is 0 Å². The molecule has 122 valence electrons. The number of halogens is 2. The lowest BCUT2D eigenvalue weighted by molar-refractivity contribution is 0.586. The van der Waals surface area contributed by atoms with E-state index in [4.69, 9.17) is 34.7 Å². The van der Waals surface area contributed by atoms with E-state index in [9.17, 15) is 8.42 Å². The third-order valence-corrected chi connectivity index (χ3v) is 7.17. The Labute approximate surface area is 145 Å². The van der Waals surface area contributed by atoms with E-state index in [0.29, 0.717) is 10.0 Å². The van der Waals surface area contributed by atoms with Gasteiger partial charge in [-0.05, 0) is 42.0 Å². The second-order valence-electron chi connectivity index (χ2n) is 5.77. The second-order valence-corrected chi connectivity index (χ2v) is 8.71. The van der Waals surface area contributed by atoms with Gasteiger partial charge in [-0.25, -0.2) is 8.42 Å². The summed E-state index contributed by atoms with van der Waals surface area (Å²) in [6.45, 7) is 0.0811. The maximum Gasteiger partial charge on any atom is 0.183 e. The summed E-state index contributed by atoms with van der Waals surface area (Å²) >= 11 is 11.7. The molecule has 1 saturated carbocycles. The van der Waals surface area contributed by atoms with Crippen LogP contribution in [0.25, 0.3) is 0 Å². The van der Waals surface area contributed by atoms with Crippen molar-refractivity contribution >= 4 is 33.0 Å². The molecule has 2 aromatic rings. The van der Waals surface area contributed by atoms with E-state index in [1.807, 2.05) is 0 Å². The Bertz CT molecular complexity index is 822. The molecule has 0 spiro atoms. The maximum absolute atomic E-state index is 12.9. The van der Waals surface area contributed by atoms with Crippen LogP contribution >= 0.6 is 23.2 Å². The normalized spacial score (nSPS) is 27.0. The van der Waals surface area contributed by atoms with Crippen molar-refractivity contribution in [3.63, 3.8) is 0 Å². The summed E-state index contributed by atoms with van der Waals surface area (Å²) in [5.74, 6) is -0.356. The van der Waals surface area contributed by atoms with Gasteiger partial charge in [0.25, 0.3) is 0 Å². The van der Waals surface area contributed by atoms with Gasteiger partial charge in [0.1, 0.15) is 0 Å². The minimum atomic E-state index is -3.61. The Kier molecular flexibility index (Phi) is 4.19. The first-order valence-corrected chi connectivity index (χ1v) is 9.35. The van der Waals surface area contributed by atoms with Crippen LogP contribution in [0.2, 0.25) is 10.0 Å². The van der Waals surface area contributed by atoms with Gasteiger partial charge in [-0.15, -0.1) is 0 Å². The van der Waals surface area contributed by atoms with Gasteiger partial charge in [0, 0.05) is 22.5 Å². The van der Waals surface area contributed by atoms with Crippen molar-refractivity contribution in [3.05, 3.63) is 64.1 Å². The lowest BCUT2D eigenvalue weighted by Gasteiger charge is -2.09. The molecule has 0 bridgehead atoms. The Morgan fingerprint density at radius 3 is 1.91 bits per heavy atom. The van der Waals surface area contributed by atoms with Gasteiger partial charge in [0.05, 0.1) is 15.7 Å². The van der Waals surface area contributed by atoms with Crippen LogP contribution in [-0.4, -0.2) is 25.8 Å². The largest absolute Gasteiger partial charge is 0.329 e. The smallest absolute Gasteiger partial charge is 0.183 e. The molecule has 7 heteroatoms. The monoisotopic (exact) mass is 370 g/mol. The average molecular weight is 371 g/mol. The predicted molar refractivity (Wildman–Crippen MR) is 92.6 cm³/mol. The third-order valence-electron chi connectivity index (χ3n) is 4.36. The van der Waals surface area contributed by atoms with Crippen molar-refractivity contribution in [1.82, 2.24) is 0 Å². The highest BCUT2D eigenvalue weighted by Crippen LogP contribution is 2.55. The van der Waals surface area contributed by atoms with Crippen molar-refractivity contribution in [2.24, 2.45) is 11.5 Å². The molecule has 2 aromatic carbocycles. The summed E-state index contributed by atoms with van der Waals surface area (Å²) in [6, 6.07) is 13.1. The van der Waals surface area contributed by atoms with E-state index in [2.05, 4.69) is 0 Å². The van der Waals surface area contributed by atoms with Gasteiger partial charge in [-0.2, -0.15) is 0 Å². The SMILES string of the molecule is NC[C@]1(N)[C@H](c2ccc(Cl)cc2)[C@H]1S(=O)(=O)c1ccc(Cl)cc1. The fourth-order valence-corrected chi connectivity index (χ4v) is 5.63. The van der Waals surface area contributed by atoms with Gasteiger partial charge in [-0.3, -0.25) is 0 Å². The Hall–Kier alpha value is -1.11. The van der Waals surface area contributed by atoms with Crippen LogP contribution in [0, 0.1) is 0 Å². The molecule has 0 amide bonds. The fourth-order valence-electron chi connectivity index (χ4n) is 3.06. The number of rotatable bonds is 4. The summed E-state index contributed by atoms with van der Waals surface area (Å²) in [4.78, 5) is 0.201. The fraction of sp³-hybridized carbons (Fsp3) is 0.250. The zero-order valence-electron chi connectivity index (χ0n) is 12.1. The van der Waals surface area contributed by atoms with Crippen molar-refractivity contribution in [2.45, 2.75) is 21.6 Å². The quantitative estimate of drug-likeness (QED) is 0.865. The van der Waals surface area contributed by atoms with Crippen LogP contribution in [-0.2, 0) is 9.84 Å². The molecule has 4 N–H and O–H groups in total. The van der Waals surface area contributed by atoms with E-state index in [1.165, 1.54) is 12.1 Å². The van der Waals surface area contributed by atoms with Gasteiger partial charge in [0.15, 0.2) is 9.84 Å². The lowest BCUT2D eigenvalue weighted by atomic mass is 10.1. The van der Waals surface area contributed by atoms with Gasteiger partial charge >= 0.3 is 0 Å². The first-order chi connectivity index (χ1) is 10.8. The first kappa shape index (κ1) is 16.7. The topological polar surface area (TPSA) is 86.2 Å². The summed E-state index contributed by atoms with van der Waals surface area (Å²) in [7, 11) is -3.61. The molecule has 1 fully saturated rings. The molecule has 0 radical (unpaired) electrons. The Morgan fingerprint density at radius 1 is 0.957 bits per heavy atom.